The van der Waals surface area contributed by atoms with Crippen LogP contribution in [0.15, 0.2) is 18.2 Å². The van der Waals surface area contributed by atoms with Crippen molar-refractivity contribution in [3.63, 3.8) is 0 Å². The zero-order valence-corrected chi connectivity index (χ0v) is 7.90. The van der Waals surface area contributed by atoms with Crippen LogP contribution in [0, 0.1) is 11.6 Å². The predicted molar refractivity (Wildman–Crippen MR) is 30.3 cm³/mol. The standard InChI is InChI=1S/C6H4F2N.Y/c7-4-2-1-3-5(8)6(4)9;/h1-3,9H;/q-1;+3. The molecule has 0 aliphatic rings. The summed E-state index contributed by atoms with van der Waals surface area (Å²) in [6.45, 7) is 0. The summed E-state index contributed by atoms with van der Waals surface area (Å²) in [6.07, 6.45) is 0. The number of hydrogen-bond donors (Lipinski definition) is 0. The van der Waals surface area contributed by atoms with Crippen LogP contribution in [0.25, 0.3) is 5.73 Å². The van der Waals surface area contributed by atoms with Gasteiger partial charge in [-0.15, -0.1) is 0 Å². The average molecular weight is 217 g/mol. The molecule has 1 aromatic rings. The minimum atomic E-state index is -0.824. The fourth-order valence-electron chi connectivity index (χ4n) is 0.498. The molecular formula is C6H4F2NY+2. The Morgan fingerprint density at radius 3 is 1.80 bits per heavy atom. The van der Waals surface area contributed by atoms with Gasteiger partial charge in [-0.2, -0.15) is 0 Å². The smallest absolute Gasteiger partial charge is 0.694 e. The SMILES string of the molecule is [NH-]c1c(F)cccc1F.[Y+3]. The fourth-order valence-corrected chi connectivity index (χ4v) is 0.498. The molecule has 0 fully saturated rings. The van der Waals surface area contributed by atoms with Crippen LogP contribution < -0.4 is 0 Å². The van der Waals surface area contributed by atoms with E-state index < -0.39 is 17.3 Å². The maximum atomic E-state index is 12.2. The number of rotatable bonds is 0. The second kappa shape index (κ2) is 3.99. The molecule has 10 heavy (non-hydrogen) atoms. The van der Waals surface area contributed by atoms with Crippen LogP contribution in [0.2, 0.25) is 0 Å². The zero-order valence-electron chi connectivity index (χ0n) is 5.07. The number of halogens is 2. The van der Waals surface area contributed by atoms with E-state index >= 15 is 0 Å². The summed E-state index contributed by atoms with van der Waals surface area (Å²) in [5.41, 5.74) is 6.03. The Hall–Kier alpha value is -0.0161. The van der Waals surface area contributed by atoms with Gasteiger partial charge < -0.3 is 5.73 Å². The van der Waals surface area contributed by atoms with E-state index in [-0.39, 0.29) is 32.7 Å². The zero-order chi connectivity index (χ0) is 6.85. The monoisotopic (exact) mass is 217 g/mol. The van der Waals surface area contributed by atoms with Gasteiger partial charge in [0.1, 0.15) is 11.6 Å². The molecule has 0 spiro atoms. The van der Waals surface area contributed by atoms with Gasteiger partial charge in [0, 0.05) is 0 Å². The van der Waals surface area contributed by atoms with E-state index in [2.05, 4.69) is 0 Å². The summed E-state index contributed by atoms with van der Waals surface area (Å²) in [5.74, 6) is -1.65. The Morgan fingerprint density at radius 1 is 1.10 bits per heavy atom. The molecule has 0 saturated heterocycles. The van der Waals surface area contributed by atoms with Gasteiger partial charge in [0.2, 0.25) is 0 Å². The normalized spacial score (nSPS) is 8.60. The molecule has 4 heteroatoms. The number of benzene rings is 1. The first-order valence-corrected chi connectivity index (χ1v) is 2.37. The molecule has 0 atom stereocenters. The molecule has 1 rings (SSSR count). The van der Waals surface area contributed by atoms with Crippen LogP contribution in [-0.2, 0) is 32.7 Å². The molecule has 0 amide bonds. The van der Waals surface area contributed by atoms with Crippen molar-refractivity contribution in [3.8, 4) is 0 Å². The summed E-state index contributed by atoms with van der Waals surface area (Å²) in [5, 5.41) is 0. The molecule has 48 valence electrons. The third-order valence-electron chi connectivity index (χ3n) is 0.963. The van der Waals surface area contributed by atoms with Crippen molar-refractivity contribution in [1.82, 2.24) is 0 Å². The van der Waals surface area contributed by atoms with Crippen molar-refractivity contribution in [2.75, 3.05) is 0 Å². The molecule has 1 aromatic carbocycles. The van der Waals surface area contributed by atoms with Crippen molar-refractivity contribution in [2.45, 2.75) is 0 Å². The van der Waals surface area contributed by atoms with Crippen LogP contribution in [0.3, 0.4) is 0 Å². The summed E-state index contributed by atoms with van der Waals surface area (Å²) in [6, 6.07) is 3.32. The van der Waals surface area contributed by atoms with Crippen molar-refractivity contribution < 1.29 is 41.5 Å². The third kappa shape index (κ3) is 1.99. The first-order chi connectivity index (χ1) is 4.22. The fraction of sp³-hybridized carbons (Fsp3) is 0. The van der Waals surface area contributed by atoms with Crippen LogP contribution >= 0.6 is 0 Å². The molecule has 0 saturated carbocycles. The van der Waals surface area contributed by atoms with Crippen molar-refractivity contribution in [3.05, 3.63) is 35.6 Å². The van der Waals surface area contributed by atoms with Gasteiger partial charge in [0.25, 0.3) is 0 Å². The topological polar surface area (TPSA) is 23.8 Å². The molecule has 0 heterocycles. The Labute approximate surface area is 82.5 Å². The molecule has 0 aromatic heterocycles. The minimum Gasteiger partial charge on any atom is -0.694 e. The van der Waals surface area contributed by atoms with Crippen molar-refractivity contribution >= 4 is 5.69 Å². The average Bonchev–Trinajstić information content (AvgIpc) is 1.83. The van der Waals surface area contributed by atoms with E-state index in [1.54, 1.807) is 0 Å². The summed E-state index contributed by atoms with van der Waals surface area (Å²) >= 11 is 0. The van der Waals surface area contributed by atoms with Gasteiger partial charge in [0.05, 0.1) is 0 Å². The minimum absolute atomic E-state index is 0. The van der Waals surface area contributed by atoms with Crippen LogP contribution in [0.5, 0.6) is 0 Å². The number of hydrogen-bond acceptors (Lipinski definition) is 0. The summed E-state index contributed by atoms with van der Waals surface area (Å²) in [7, 11) is 0. The van der Waals surface area contributed by atoms with E-state index in [1.165, 1.54) is 6.07 Å². The first-order valence-electron chi connectivity index (χ1n) is 2.37. The van der Waals surface area contributed by atoms with Crippen LogP contribution in [0.4, 0.5) is 14.5 Å². The predicted octanol–water partition coefficient (Wildman–Crippen LogP) is 2.65. The van der Waals surface area contributed by atoms with E-state index in [9.17, 15) is 8.78 Å². The van der Waals surface area contributed by atoms with Gasteiger partial charge in [-0.25, -0.2) is 8.78 Å². The molecule has 0 aliphatic carbocycles. The summed E-state index contributed by atoms with van der Waals surface area (Å²) < 4.78 is 24.3. The molecule has 0 bridgehead atoms. The van der Waals surface area contributed by atoms with Crippen molar-refractivity contribution in [1.29, 1.82) is 0 Å². The van der Waals surface area contributed by atoms with E-state index in [0.717, 1.165) is 12.1 Å². The van der Waals surface area contributed by atoms with Gasteiger partial charge >= 0.3 is 32.7 Å². The quantitative estimate of drug-likeness (QED) is 0.637. The second-order valence-corrected chi connectivity index (χ2v) is 1.60. The molecule has 1 nitrogen and oxygen atoms in total. The number of nitrogens with one attached hydrogen (secondary N) is 1. The Morgan fingerprint density at radius 2 is 1.50 bits per heavy atom. The van der Waals surface area contributed by atoms with Gasteiger partial charge in [0.15, 0.2) is 0 Å². The van der Waals surface area contributed by atoms with E-state index in [4.69, 9.17) is 5.73 Å². The first kappa shape index (κ1) is 9.98. The summed E-state index contributed by atoms with van der Waals surface area (Å²) in [4.78, 5) is 0. The van der Waals surface area contributed by atoms with Crippen molar-refractivity contribution in [2.24, 2.45) is 0 Å². The van der Waals surface area contributed by atoms with Gasteiger partial charge in [-0.3, -0.25) is 0 Å². The molecule has 0 aliphatic heterocycles. The second-order valence-electron chi connectivity index (χ2n) is 1.60. The maximum Gasteiger partial charge on any atom is 3.00 e. The van der Waals surface area contributed by atoms with Gasteiger partial charge in [-0.05, 0) is 12.1 Å². The van der Waals surface area contributed by atoms with E-state index in [0.29, 0.717) is 0 Å². The Bertz CT molecular complexity index is 207. The molecule has 1 N–H and O–H groups in total. The van der Waals surface area contributed by atoms with Gasteiger partial charge in [-0.1, -0.05) is 11.8 Å². The third-order valence-corrected chi connectivity index (χ3v) is 0.963. The van der Waals surface area contributed by atoms with E-state index in [1.807, 2.05) is 0 Å². The Kier molecular flexibility index (Phi) is 3.98. The maximum absolute atomic E-state index is 12.2. The van der Waals surface area contributed by atoms with Crippen LogP contribution in [-0.4, -0.2) is 0 Å². The Balaban J connectivity index is 0.000000810. The largest absolute Gasteiger partial charge is 3.00 e. The molecule has 0 radical (unpaired) electrons. The van der Waals surface area contributed by atoms with Crippen LogP contribution in [0.1, 0.15) is 0 Å². The molecule has 0 unspecified atom stereocenters. The molecular weight excluding hydrogens is 213 g/mol.